The predicted molar refractivity (Wildman–Crippen MR) is 37.2 cm³/mol. The molecule has 10 heavy (non-hydrogen) atoms. The normalized spacial score (nSPS) is 49.2. The van der Waals surface area contributed by atoms with Crippen molar-refractivity contribution in [2.75, 3.05) is 0 Å². The molecule has 6 N–H and O–H groups in total. The van der Waals surface area contributed by atoms with E-state index in [1.54, 1.807) is 0 Å². The maximum Gasteiger partial charge on any atom is 0.0866 e. The summed E-state index contributed by atoms with van der Waals surface area (Å²) in [5.41, 5.74) is 10.9. The van der Waals surface area contributed by atoms with Crippen molar-refractivity contribution in [3.8, 4) is 0 Å². The molecule has 0 aliphatic heterocycles. The summed E-state index contributed by atoms with van der Waals surface area (Å²) in [6, 6.07) is -0.831. The molecule has 0 amide bonds. The van der Waals surface area contributed by atoms with Crippen LogP contribution in [0.4, 0.5) is 0 Å². The van der Waals surface area contributed by atoms with Gasteiger partial charge in [-0.1, -0.05) is 0 Å². The van der Waals surface area contributed by atoms with Crippen LogP contribution in [0.5, 0.6) is 0 Å². The van der Waals surface area contributed by atoms with E-state index in [0.717, 1.165) is 0 Å². The zero-order valence-corrected chi connectivity index (χ0v) is 5.77. The molecule has 1 rings (SSSR count). The number of aliphatic hydroxyl groups excluding tert-OH is 2. The van der Waals surface area contributed by atoms with Gasteiger partial charge in [0.1, 0.15) is 0 Å². The molecular weight excluding hydrogens is 132 g/mol. The second-order valence-electron chi connectivity index (χ2n) is 2.88. The molecular formula is C6H14N2O2. The van der Waals surface area contributed by atoms with Crippen LogP contribution in [-0.4, -0.2) is 34.5 Å². The van der Waals surface area contributed by atoms with Crippen LogP contribution in [0.3, 0.4) is 0 Å². The fourth-order valence-corrected chi connectivity index (χ4v) is 1.24. The van der Waals surface area contributed by atoms with Gasteiger partial charge in [-0.15, -0.1) is 0 Å². The van der Waals surface area contributed by atoms with E-state index in [1.807, 2.05) is 0 Å². The predicted octanol–water partition coefficient (Wildman–Crippen LogP) is -1.84. The average molecular weight is 146 g/mol. The van der Waals surface area contributed by atoms with Crippen molar-refractivity contribution >= 4 is 0 Å². The minimum Gasteiger partial charge on any atom is -0.391 e. The molecule has 4 heteroatoms. The molecule has 1 aliphatic rings. The topological polar surface area (TPSA) is 92.5 Å². The van der Waals surface area contributed by atoms with E-state index in [4.69, 9.17) is 16.6 Å². The Bertz CT molecular complexity index is 106. The lowest BCUT2D eigenvalue weighted by molar-refractivity contribution is 0.00530. The van der Waals surface area contributed by atoms with Crippen molar-refractivity contribution < 1.29 is 10.2 Å². The molecule has 0 unspecified atom stereocenters. The second-order valence-corrected chi connectivity index (χ2v) is 2.88. The molecule has 1 fully saturated rings. The highest BCUT2D eigenvalue weighted by molar-refractivity contribution is 4.91. The number of hydrogen-bond donors (Lipinski definition) is 4. The Kier molecular flexibility index (Phi) is 2.25. The Balaban J connectivity index is 2.52. The van der Waals surface area contributed by atoms with Gasteiger partial charge >= 0.3 is 0 Å². The molecule has 1 aliphatic carbocycles. The molecule has 0 bridgehead atoms. The maximum absolute atomic E-state index is 9.21. The van der Waals surface area contributed by atoms with E-state index in [9.17, 15) is 5.11 Å². The van der Waals surface area contributed by atoms with Gasteiger partial charge in [0.05, 0.1) is 18.2 Å². The van der Waals surface area contributed by atoms with E-state index in [1.165, 1.54) is 0 Å². The summed E-state index contributed by atoms with van der Waals surface area (Å²) in [6.45, 7) is 0. The molecule has 4 nitrogen and oxygen atoms in total. The van der Waals surface area contributed by atoms with Gasteiger partial charge in [-0.25, -0.2) is 0 Å². The van der Waals surface area contributed by atoms with Gasteiger partial charge in [0.15, 0.2) is 0 Å². The third-order valence-corrected chi connectivity index (χ3v) is 2.07. The summed E-state index contributed by atoms with van der Waals surface area (Å²) in [7, 11) is 0. The molecule has 0 spiro atoms. The van der Waals surface area contributed by atoms with Crippen LogP contribution in [0, 0.1) is 0 Å². The van der Waals surface area contributed by atoms with Crippen LogP contribution in [0.15, 0.2) is 0 Å². The molecule has 0 aromatic carbocycles. The molecule has 60 valence electrons. The Morgan fingerprint density at radius 2 is 1.70 bits per heavy atom. The van der Waals surface area contributed by atoms with Crippen LogP contribution >= 0.6 is 0 Å². The number of hydrogen-bond acceptors (Lipinski definition) is 4. The smallest absolute Gasteiger partial charge is 0.0866 e. The summed E-state index contributed by atoms with van der Waals surface area (Å²) in [6.07, 6.45) is -0.0892. The van der Waals surface area contributed by atoms with Crippen LogP contribution in [0.2, 0.25) is 0 Å². The highest BCUT2D eigenvalue weighted by atomic mass is 16.3. The Morgan fingerprint density at radius 3 is 2.20 bits per heavy atom. The van der Waals surface area contributed by atoms with Crippen LogP contribution < -0.4 is 11.5 Å². The molecule has 1 saturated carbocycles. The Hall–Kier alpha value is -0.160. The molecule has 0 aromatic heterocycles. The number of rotatable bonds is 0. The highest BCUT2D eigenvalue weighted by Crippen LogP contribution is 2.16. The van der Waals surface area contributed by atoms with Gasteiger partial charge in [0, 0.05) is 6.04 Å². The lowest BCUT2D eigenvalue weighted by atomic mass is 9.87. The maximum atomic E-state index is 9.21. The van der Waals surface area contributed by atoms with Gasteiger partial charge in [-0.2, -0.15) is 0 Å². The fraction of sp³-hybridized carbons (Fsp3) is 1.00. The summed E-state index contributed by atoms with van der Waals surface area (Å²) in [4.78, 5) is 0. The minimum absolute atomic E-state index is 0.265. The number of nitrogens with two attached hydrogens (primary N) is 2. The van der Waals surface area contributed by atoms with Gasteiger partial charge in [-0.3, -0.25) is 0 Å². The fourth-order valence-electron chi connectivity index (χ4n) is 1.24. The summed E-state index contributed by atoms with van der Waals surface area (Å²) >= 11 is 0. The average Bonchev–Trinajstić information content (AvgIpc) is 1.93. The van der Waals surface area contributed by atoms with Crippen molar-refractivity contribution in [1.29, 1.82) is 0 Å². The molecule has 0 aromatic rings. The first-order valence-corrected chi connectivity index (χ1v) is 3.50. The SMILES string of the molecule is N[C@H]1[C@@H](O)[C@@H](N)CC[C@H]1O. The van der Waals surface area contributed by atoms with Crippen molar-refractivity contribution in [3.05, 3.63) is 0 Å². The standard InChI is InChI=1S/C6H14N2O2/c7-3-1-2-4(9)5(8)6(3)10/h3-6,9-10H,1-2,7-8H2/t3-,4+,5+,6-/m0/s1. The van der Waals surface area contributed by atoms with Gasteiger partial charge in [-0.05, 0) is 12.8 Å². The second kappa shape index (κ2) is 2.84. The summed E-state index contributed by atoms with van der Waals surface area (Å²) < 4.78 is 0. The van der Waals surface area contributed by atoms with Gasteiger partial charge < -0.3 is 21.7 Å². The van der Waals surface area contributed by atoms with Crippen molar-refractivity contribution in [2.45, 2.75) is 37.1 Å². The Labute approximate surface area is 59.8 Å². The third-order valence-electron chi connectivity index (χ3n) is 2.07. The third kappa shape index (κ3) is 1.29. The first-order chi connectivity index (χ1) is 4.63. The quantitative estimate of drug-likeness (QED) is 0.323. The molecule has 0 heterocycles. The summed E-state index contributed by atoms with van der Waals surface area (Å²) in [5, 5.41) is 18.3. The van der Waals surface area contributed by atoms with E-state index < -0.39 is 18.2 Å². The largest absolute Gasteiger partial charge is 0.391 e. The zero-order valence-electron chi connectivity index (χ0n) is 5.77. The van der Waals surface area contributed by atoms with Crippen molar-refractivity contribution in [1.82, 2.24) is 0 Å². The van der Waals surface area contributed by atoms with E-state index >= 15 is 0 Å². The van der Waals surface area contributed by atoms with Gasteiger partial charge in [0.25, 0.3) is 0 Å². The van der Waals surface area contributed by atoms with E-state index in [2.05, 4.69) is 0 Å². The highest BCUT2D eigenvalue weighted by Gasteiger charge is 2.32. The first kappa shape index (κ1) is 7.94. The lowest BCUT2D eigenvalue weighted by Gasteiger charge is -2.33. The van der Waals surface area contributed by atoms with E-state index in [-0.39, 0.29) is 6.04 Å². The van der Waals surface area contributed by atoms with Crippen molar-refractivity contribution in [3.63, 3.8) is 0 Å². The van der Waals surface area contributed by atoms with Gasteiger partial charge in [0.2, 0.25) is 0 Å². The molecule has 0 saturated heterocycles. The molecule has 4 atom stereocenters. The first-order valence-electron chi connectivity index (χ1n) is 3.50. The minimum atomic E-state index is -0.747. The van der Waals surface area contributed by atoms with Crippen molar-refractivity contribution in [2.24, 2.45) is 11.5 Å². The monoisotopic (exact) mass is 146 g/mol. The number of aliphatic hydroxyl groups is 2. The van der Waals surface area contributed by atoms with Crippen LogP contribution in [0.1, 0.15) is 12.8 Å². The van der Waals surface area contributed by atoms with Crippen LogP contribution in [0.25, 0.3) is 0 Å². The zero-order chi connectivity index (χ0) is 7.72. The van der Waals surface area contributed by atoms with Crippen LogP contribution in [-0.2, 0) is 0 Å². The molecule has 0 radical (unpaired) electrons. The Morgan fingerprint density at radius 1 is 1.10 bits per heavy atom. The van der Waals surface area contributed by atoms with E-state index in [0.29, 0.717) is 12.8 Å². The lowest BCUT2D eigenvalue weighted by Crippen LogP contribution is -2.56. The summed E-state index contributed by atoms with van der Waals surface area (Å²) in [5.74, 6) is 0.